The Kier molecular flexibility index (Phi) is 13.9. The number of rotatable bonds is 9. The summed E-state index contributed by atoms with van der Waals surface area (Å²) in [6.45, 7) is 1.97. The number of carboxylic acids is 2. The molecule has 1 aliphatic rings. The molecule has 0 saturated carbocycles. The molecule has 1 aromatic heterocycles. The first-order valence-electron chi connectivity index (χ1n) is 14.7. The van der Waals surface area contributed by atoms with Crippen molar-refractivity contribution in [3.8, 4) is 0 Å². The Labute approximate surface area is 292 Å². The molecule has 0 spiro atoms. The number of benzene rings is 3. The van der Waals surface area contributed by atoms with E-state index in [0.29, 0.717) is 34.9 Å². The lowest BCUT2D eigenvalue weighted by molar-refractivity contribution is -0.192. The molecule has 6 N–H and O–H groups in total. The summed E-state index contributed by atoms with van der Waals surface area (Å²) in [7, 11) is 0. The highest BCUT2D eigenvalue weighted by Gasteiger charge is 2.38. The van der Waals surface area contributed by atoms with Gasteiger partial charge in [0.1, 0.15) is 12.4 Å². The summed E-state index contributed by atoms with van der Waals surface area (Å²) in [5, 5.41) is 23.3. The van der Waals surface area contributed by atoms with E-state index >= 15 is 0 Å². The maximum atomic E-state index is 12.5. The third-order valence-electron chi connectivity index (χ3n) is 6.74. The van der Waals surface area contributed by atoms with E-state index in [4.69, 9.17) is 20.7 Å². The van der Waals surface area contributed by atoms with Crippen LogP contribution in [0.15, 0.2) is 78.2 Å². The molecule has 3 aromatic carbocycles. The van der Waals surface area contributed by atoms with Crippen LogP contribution in [0.5, 0.6) is 0 Å². The maximum Gasteiger partial charge on any atom is 0.490 e. The first-order valence-corrected chi connectivity index (χ1v) is 15.6. The summed E-state index contributed by atoms with van der Waals surface area (Å²) in [6.07, 6.45) is -3.65. The monoisotopic (exact) mass is 728 g/mol. The summed E-state index contributed by atoms with van der Waals surface area (Å²) in [5.41, 5.74) is 9.82. The number of hydrogen-bond donors (Lipinski definition) is 5. The molecule has 268 valence electrons. The number of hydrogen-bond acceptors (Lipinski definition) is 10. The van der Waals surface area contributed by atoms with Gasteiger partial charge in [-0.05, 0) is 53.9 Å². The number of aliphatic carboxylic acids is 2. The van der Waals surface area contributed by atoms with Crippen LogP contribution in [0.3, 0.4) is 0 Å². The Morgan fingerprint density at radius 1 is 1.00 bits per heavy atom. The van der Waals surface area contributed by atoms with Crippen LogP contribution in [0.4, 0.5) is 35.5 Å². The number of imide groups is 1. The molecule has 2 heterocycles. The molecule has 18 heteroatoms. The molecule has 0 fully saturated rings. The lowest BCUT2D eigenvalue weighted by Crippen LogP contribution is -2.35. The number of halogens is 3. The first kappa shape index (κ1) is 39.3. The summed E-state index contributed by atoms with van der Waals surface area (Å²) in [6, 6.07) is 21.0. The largest absolute Gasteiger partial charge is 0.490 e. The van der Waals surface area contributed by atoms with Crippen LogP contribution in [0, 0.1) is 0 Å². The molecule has 51 heavy (non-hydrogen) atoms. The highest BCUT2D eigenvalue weighted by atomic mass is 32.1. The van der Waals surface area contributed by atoms with Gasteiger partial charge in [0.2, 0.25) is 12.3 Å². The number of carboxylic acid groups (broad SMARTS) is 2. The lowest BCUT2D eigenvalue weighted by Gasteiger charge is -2.21. The number of carbonyl (C=O) groups excluding carboxylic acids is 4. The van der Waals surface area contributed by atoms with Crippen LogP contribution in [0.2, 0.25) is 0 Å². The molecule has 0 saturated heterocycles. The predicted octanol–water partition coefficient (Wildman–Crippen LogP) is 4.19. The zero-order valence-corrected chi connectivity index (χ0v) is 27.5. The molecule has 0 atom stereocenters. The Balaban J connectivity index is 0.000000234. The fourth-order valence-electron chi connectivity index (χ4n) is 4.50. The molecular weight excluding hydrogens is 697 g/mol. The van der Waals surface area contributed by atoms with Gasteiger partial charge in [-0.2, -0.15) is 13.2 Å². The Morgan fingerprint density at radius 2 is 1.69 bits per heavy atom. The average Bonchev–Trinajstić information content (AvgIpc) is 3.74. The minimum Gasteiger partial charge on any atom is -0.480 e. The Bertz CT molecular complexity index is 1890. The number of fused-ring (bicyclic) bond motifs is 1. The molecule has 1 aliphatic heterocycles. The number of thiazole rings is 1. The van der Waals surface area contributed by atoms with Gasteiger partial charge in [0.05, 0.1) is 0 Å². The number of alkyl halides is 3. The van der Waals surface area contributed by atoms with Gasteiger partial charge in [-0.1, -0.05) is 36.4 Å². The number of nitrogens with one attached hydrogen (secondary N) is 2. The van der Waals surface area contributed by atoms with Crippen molar-refractivity contribution < 1.29 is 52.2 Å². The van der Waals surface area contributed by atoms with Crippen molar-refractivity contribution in [3.05, 3.63) is 100 Å². The van der Waals surface area contributed by atoms with Gasteiger partial charge in [-0.15, -0.1) is 11.3 Å². The average molecular weight is 729 g/mol. The van der Waals surface area contributed by atoms with Crippen molar-refractivity contribution in [2.45, 2.75) is 26.1 Å². The van der Waals surface area contributed by atoms with Crippen molar-refractivity contribution in [2.75, 3.05) is 28.2 Å². The van der Waals surface area contributed by atoms with Gasteiger partial charge in [-0.25, -0.2) is 9.78 Å². The van der Waals surface area contributed by atoms with Crippen molar-refractivity contribution in [3.63, 3.8) is 0 Å². The summed E-state index contributed by atoms with van der Waals surface area (Å²) in [4.78, 5) is 73.5. The smallest absolute Gasteiger partial charge is 0.480 e. The molecular formula is C33H31F3N6O8S. The minimum absolute atomic E-state index is 0.328. The van der Waals surface area contributed by atoms with Crippen molar-refractivity contribution >= 4 is 69.7 Å². The van der Waals surface area contributed by atoms with E-state index in [1.165, 1.54) is 23.2 Å². The number of amides is 4. The van der Waals surface area contributed by atoms with Crippen LogP contribution in [-0.4, -0.2) is 70.5 Å². The van der Waals surface area contributed by atoms with Gasteiger partial charge in [0.15, 0.2) is 5.13 Å². The van der Waals surface area contributed by atoms with Gasteiger partial charge < -0.3 is 26.2 Å². The van der Waals surface area contributed by atoms with Crippen molar-refractivity contribution in [2.24, 2.45) is 5.73 Å². The number of nitrogens with zero attached hydrogens (tertiary/aromatic N) is 3. The van der Waals surface area contributed by atoms with Gasteiger partial charge >= 0.3 is 18.1 Å². The number of anilines is 4. The van der Waals surface area contributed by atoms with Crippen LogP contribution in [-0.2, 0) is 32.1 Å². The van der Waals surface area contributed by atoms with Gasteiger partial charge in [0, 0.05) is 47.9 Å². The third-order valence-corrected chi connectivity index (χ3v) is 7.50. The molecule has 4 amide bonds. The topological polar surface area (TPSA) is 212 Å². The number of nitrogens with two attached hydrogens (primary N) is 1. The highest BCUT2D eigenvalue weighted by molar-refractivity contribution is 7.14. The van der Waals surface area contributed by atoms with E-state index in [-0.39, 0.29) is 5.91 Å². The van der Waals surface area contributed by atoms with E-state index in [9.17, 15) is 37.1 Å². The molecule has 0 unspecified atom stereocenters. The van der Waals surface area contributed by atoms with Crippen molar-refractivity contribution in [1.29, 1.82) is 0 Å². The van der Waals surface area contributed by atoms with Crippen molar-refractivity contribution in [1.82, 2.24) is 10.3 Å². The summed E-state index contributed by atoms with van der Waals surface area (Å²) < 4.78 is 31.7. The summed E-state index contributed by atoms with van der Waals surface area (Å²) >= 11 is 1.34. The molecule has 0 bridgehead atoms. The maximum absolute atomic E-state index is 12.5. The van der Waals surface area contributed by atoms with Gasteiger partial charge in [0.25, 0.3) is 11.8 Å². The fourth-order valence-corrected chi connectivity index (χ4v) is 5.16. The minimum atomic E-state index is -5.08. The second-order valence-electron chi connectivity index (χ2n) is 10.4. The van der Waals surface area contributed by atoms with Crippen LogP contribution < -0.4 is 26.2 Å². The first-order chi connectivity index (χ1) is 24.1. The predicted molar refractivity (Wildman–Crippen MR) is 181 cm³/mol. The molecule has 0 aliphatic carbocycles. The van der Waals surface area contributed by atoms with E-state index in [2.05, 4.69) is 15.6 Å². The van der Waals surface area contributed by atoms with Crippen LogP contribution >= 0.6 is 11.3 Å². The molecule has 0 radical (unpaired) electrons. The molecule has 4 aromatic rings. The quantitative estimate of drug-likeness (QED) is 0.154. The highest BCUT2D eigenvalue weighted by Crippen LogP contribution is 2.36. The Hall–Kier alpha value is -6.14. The van der Waals surface area contributed by atoms with E-state index in [1.807, 2.05) is 22.4 Å². The second kappa shape index (κ2) is 18.0. The zero-order valence-electron chi connectivity index (χ0n) is 26.7. The van der Waals surface area contributed by atoms with Gasteiger partial charge in [-0.3, -0.25) is 34.2 Å². The molecule has 14 nitrogen and oxygen atoms in total. The number of aromatic nitrogens is 1. The molecule has 5 rings (SSSR count). The Morgan fingerprint density at radius 3 is 2.27 bits per heavy atom. The van der Waals surface area contributed by atoms with Crippen LogP contribution in [0.1, 0.15) is 38.8 Å². The zero-order chi connectivity index (χ0) is 37.7. The van der Waals surface area contributed by atoms with E-state index in [1.54, 1.807) is 60.7 Å². The summed E-state index contributed by atoms with van der Waals surface area (Å²) in [5.74, 6) is -4.27. The lowest BCUT2D eigenvalue weighted by atomic mass is 10.1. The SMILES string of the molecule is CC(=O)NC(=O)c1ccc2c(c1)N(c1csc(NC=O)n1)CC2.NCc1cccc(N(CC(=O)O)C(=O)c2ccccc2)c1.O=C(O)C(F)(F)F. The fraction of sp³-hybridized carbons (Fsp3) is 0.182. The second-order valence-corrected chi connectivity index (χ2v) is 11.2. The van der Waals surface area contributed by atoms with E-state index in [0.717, 1.165) is 35.6 Å². The van der Waals surface area contributed by atoms with E-state index < -0.39 is 36.5 Å². The third kappa shape index (κ3) is 11.5. The number of carbonyl (C=O) groups is 6. The standard InChI is InChI=1S/C16H16N2O3.C15H14N4O3S.C2HF3O2/c17-10-12-5-4-8-14(9-12)18(11-15(19)20)16(21)13-6-2-1-3-7-13;1-9(21)17-14(22)11-3-2-10-4-5-19(12(10)6-11)13-7-23-15(18-13)16-8-20;3-2(4,5)1(6)7/h1-9H,10-11,17H2,(H,19,20);2-3,6-8H,4-5H2,1H3,(H,16,18,20)(H,17,21,22);(H,6,7). The van der Waals surface area contributed by atoms with Crippen LogP contribution in [0.25, 0.3) is 0 Å². The normalized spacial score (nSPS) is 11.4.